The monoisotopic (exact) mass is 338 g/mol. The molecule has 0 radical (unpaired) electrons. The lowest BCUT2D eigenvalue weighted by Gasteiger charge is -2.27. The molecule has 1 aliphatic carbocycles. The van der Waals surface area contributed by atoms with Crippen LogP contribution < -0.4 is 15.4 Å². The number of rotatable bonds is 4. The maximum Gasteiger partial charge on any atom is 0.321 e. The summed E-state index contributed by atoms with van der Waals surface area (Å²) in [4.78, 5) is 21.0. The van der Waals surface area contributed by atoms with E-state index in [4.69, 9.17) is 4.74 Å². The van der Waals surface area contributed by atoms with Gasteiger partial charge in [0.05, 0.1) is 18.8 Å². The van der Waals surface area contributed by atoms with Crippen molar-refractivity contribution in [3.8, 4) is 5.06 Å². The van der Waals surface area contributed by atoms with E-state index < -0.39 is 0 Å². The Morgan fingerprint density at radius 1 is 1.41 bits per heavy atom. The molecule has 1 aliphatic rings. The number of aromatic nitrogens is 2. The summed E-state index contributed by atoms with van der Waals surface area (Å²) in [6.45, 7) is 1.98. The molecular formula is C14H18N4O2S2. The van der Waals surface area contributed by atoms with Crippen molar-refractivity contribution < 1.29 is 9.53 Å². The molecule has 2 N–H and O–H groups in total. The minimum atomic E-state index is -0.343. The Morgan fingerprint density at radius 3 is 2.77 bits per heavy atom. The number of urea groups is 1. The topological polar surface area (TPSA) is 76.1 Å². The fraction of sp³-hybridized carbons (Fsp3) is 0.500. The van der Waals surface area contributed by atoms with Crippen LogP contribution in [0.4, 0.5) is 9.93 Å². The van der Waals surface area contributed by atoms with Gasteiger partial charge in [0, 0.05) is 11.1 Å². The third-order valence-corrected chi connectivity index (χ3v) is 5.78. The first kappa shape index (κ1) is 15.2. The van der Waals surface area contributed by atoms with Crippen molar-refractivity contribution >= 4 is 33.8 Å². The Morgan fingerprint density at radius 2 is 2.18 bits per heavy atom. The number of nitrogens with zero attached hydrogens (tertiary/aromatic N) is 2. The second kappa shape index (κ2) is 6.21. The van der Waals surface area contributed by atoms with E-state index in [2.05, 4.69) is 20.6 Å². The number of carbonyl (C=O) groups excluding carboxylic acids is 1. The van der Waals surface area contributed by atoms with Crippen LogP contribution in [0.3, 0.4) is 0 Å². The van der Waals surface area contributed by atoms with Crippen LogP contribution in [-0.4, -0.2) is 23.1 Å². The molecule has 6 nitrogen and oxygen atoms in total. The van der Waals surface area contributed by atoms with Crippen molar-refractivity contribution in [3.63, 3.8) is 0 Å². The smallest absolute Gasteiger partial charge is 0.321 e. The van der Waals surface area contributed by atoms with Gasteiger partial charge < -0.3 is 10.1 Å². The van der Waals surface area contributed by atoms with Gasteiger partial charge in [0.15, 0.2) is 10.2 Å². The van der Waals surface area contributed by atoms with Gasteiger partial charge in [-0.15, -0.1) is 11.3 Å². The van der Waals surface area contributed by atoms with E-state index in [0.717, 1.165) is 36.4 Å². The molecule has 0 unspecified atom stereocenters. The predicted molar refractivity (Wildman–Crippen MR) is 87.8 cm³/mol. The molecular weight excluding hydrogens is 320 g/mol. The second-order valence-corrected chi connectivity index (χ2v) is 7.20. The molecule has 1 fully saturated rings. The number of thiazole rings is 2. The maximum atomic E-state index is 12.3. The maximum absolute atomic E-state index is 12.3. The molecule has 118 valence electrons. The number of anilines is 1. The van der Waals surface area contributed by atoms with E-state index in [0.29, 0.717) is 10.2 Å². The normalized spacial score (nSPS) is 16.5. The Kier molecular flexibility index (Phi) is 4.30. The van der Waals surface area contributed by atoms with E-state index in [1.165, 1.54) is 11.3 Å². The summed E-state index contributed by atoms with van der Waals surface area (Å²) in [5.74, 6) is 0. The summed E-state index contributed by atoms with van der Waals surface area (Å²) in [6.07, 6.45) is 5.65. The van der Waals surface area contributed by atoms with Crippen LogP contribution in [0.5, 0.6) is 5.06 Å². The number of carbonyl (C=O) groups is 1. The average Bonchev–Trinajstić information content (AvgIpc) is 3.20. The average molecular weight is 338 g/mol. The number of ether oxygens (including phenoxy) is 1. The molecule has 0 spiro atoms. The van der Waals surface area contributed by atoms with Crippen molar-refractivity contribution in [2.75, 3.05) is 12.4 Å². The molecule has 8 heteroatoms. The quantitative estimate of drug-likeness (QED) is 0.894. The van der Waals surface area contributed by atoms with Crippen molar-refractivity contribution in [1.29, 1.82) is 0 Å². The molecule has 2 aromatic heterocycles. The first-order chi connectivity index (χ1) is 10.6. The summed E-state index contributed by atoms with van der Waals surface area (Å²) >= 11 is 2.91. The molecule has 0 atom stereocenters. The zero-order valence-electron chi connectivity index (χ0n) is 12.5. The molecule has 0 aliphatic heterocycles. The molecule has 2 aromatic rings. The number of amides is 2. The van der Waals surface area contributed by atoms with Crippen LogP contribution in [0.25, 0.3) is 0 Å². The van der Waals surface area contributed by atoms with E-state index in [9.17, 15) is 4.79 Å². The zero-order valence-corrected chi connectivity index (χ0v) is 14.1. The Hall–Kier alpha value is -1.67. The summed E-state index contributed by atoms with van der Waals surface area (Å²) in [6, 6.07) is -0.244. The Bertz CT molecular complexity index is 661. The molecule has 3 rings (SSSR count). The third kappa shape index (κ3) is 3.07. The predicted octanol–water partition coefficient (Wildman–Crippen LogP) is 3.51. The van der Waals surface area contributed by atoms with Crippen LogP contribution >= 0.6 is 22.7 Å². The molecule has 2 heterocycles. The summed E-state index contributed by atoms with van der Waals surface area (Å²) in [7, 11) is 1.58. The van der Waals surface area contributed by atoms with Gasteiger partial charge in [-0.05, 0) is 19.8 Å². The van der Waals surface area contributed by atoms with Gasteiger partial charge in [0.2, 0.25) is 0 Å². The van der Waals surface area contributed by atoms with Crippen LogP contribution in [0, 0.1) is 6.92 Å². The second-order valence-electron chi connectivity index (χ2n) is 5.35. The van der Waals surface area contributed by atoms with Crippen LogP contribution in [-0.2, 0) is 5.54 Å². The van der Waals surface area contributed by atoms with Gasteiger partial charge in [-0.1, -0.05) is 24.2 Å². The number of hydrogen-bond donors (Lipinski definition) is 2. The first-order valence-electron chi connectivity index (χ1n) is 7.13. The van der Waals surface area contributed by atoms with Crippen LogP contribution in [0.1, 0.15) is 36.4 Å². The summed E-state index contributed by atoms with van der Waals surface area (Å²) in [5, 5.41) is 10.1. The highest BCUT2D eigenvalue weighted by Gasteiger charge is 2.39. The molecule has 1 saturated carbocycles. The van der Waals surface area contributed by atoms with E-state index >= 15 is 0 Å². The Balaban J connectivity index is 1.72. The SMILES string of the molecule is COc1cnc(NC(=O)NC2(c3nc(C)cs3)CCCC2)s1. The summed E-state index contributed by atoms with van der Waals surface area (Å²) < 4.78 is 5.08. The van der Waals surface area contributed by atoms with Gasteiger partial charge in [-0.2, -0.15) is 0 Å². The molecule has 0 aromatic carbocycles. The lowest BCUT2D eigenvalue weighted by atomic mass is 9.99. The summed E-state index contributed by atoms with van der Waals surface area (Å²) in [5.41, 5.74) is 0.655. The minimum absolute atomic E-state index is 0.244. The lowest BCUT2D eigenvalue weighted by Crippen LogP contribution is -2.45. The highest BCUT2D eigenvalue weighted by atomic mass is 32.1. The minimum Gasteiger partial charge on any atom is -0.486 e. The van der Waals surface area contributed by atoms with Gasteiger partial charge >= 0.3 is 6.03 Å². The molecule has 0 saturated heterocycles. The van der Waals surface area contributed by atoms with Crippen LogP contribution in [0.15, 0.2) is 11.6 Å². The van der Waals surface area contributed by atoms with E-state index in [1.807, 2.05) is 12.3 Å². The molecule has 0 bridgehead atoms. The molecule has 2 amide bonds. The van der Waals surface area contributed by atoms with Crippen molar-refractivity contribution in [2.45, 2.75) is 38.1 Å². The van der Waals surface area contributed by atoms with Gasteiger partial charge in [-0.3, -0.25) is 5.32 Å². The molecule has 22 heavy (non-hydrogen) atoms. The number of methoxy groups -OCH3 is 1. The van der Waals surface area contributed by atoms with Crippen molar-refractivity contribution in [1.82, 2.24) is 15.3 Å². The Labute approximate surface area is 136 Å². The third-order valence-electron chi connectivity index (χ3n) is 3.74. The van der Waals surface area contributed by atoms with Gasteiger partial charge in [0.25, 0.3) is 0 Å². The largest absolute Gasteiger partial charge is 0.486 e. The zero-order chi connectivity index (χ0) is 15.6. The number of hydrogen-bond acceptors (Lipinski definition) is 6. The fourth-order valence-corrected chi connectivity index (χ4v) is 4.34. The van der Waals surface area contributed by atoms with Crippen molar-refractivity contribution in [3.05, 3.63) is 22.3 Å². The first-order valence-corrected chi connectivity index (χ1v) is 8.82. The standard InChI is InChI=1S/C14H18N4O2S2/c1-9-8-21-11(16-9)14(5-3-4-6-14)18-12(19)17-13-15-7-10(20-2)22-13/h7-8H,3-6H2,1-2H3,(H2,15,17,18,19). The van der Waals surface area contributed by atoms with Gasteiger partial charge in [-0.25, -0.2) is 14.8 Å². The van der Waals surface area contributed by atoms with E-state index in [-0.39, 0.29) is 11.6 Å². The fourth-order valence-electron chi connectivity index (χ4n) is 2.70. The lowest BCUT2D eigenvalue weighted by molar-refractivity contribution is 0.236. The highest BCUT2D eigenvalue weighted by molar-refractivity contribution is 7.17. The number of nitrogens with one attached hydrogen (secondary N) is 2. The van der Waals surface area contributed by atoms with Crippen molar-refractivity contribution in [2.24, 2.45) is 0 Å². The van der Waals surface area contributed by atoms with E-state index in [1.54, 1.807) is 24.6 Å². The van der Waals surface area contributed by atoms with Gasteiger partial charge in [0.1, 0.15) is 5.01 Å². The highest BCUT2D eigenvalue weighted by Crippen LogP contribution is 2.40. The number of aryl methyl sites for hydroxylation is 1. The van der Waals surface area contributed by atoms with Crippen LogP contribution in [0.2, 0.25) is 0 Å².